The third-order valence-electron chi connectivity index (χ3n) is 3.02. The highest BCUT2D eigenvalue weighted by molar-refractivity contribution is 7.10. The number of rotatable bonds is 6. The van der Waals surface area contributed by atoms with Crippen LogP contribution in [0.4, 0.5) is 0 Å². The van der Waals surface area contributed by atoms with E-state index >= 15 is 0 Å². The molecule has 20 heavy (non-hydrogen) atoms. The van der Waals surface area contributed by atoms with Crippen LogP contribution in [-0.4, -0.2) is 23.7 Å². The largest absolute Gasteiger partial charge is 0.394 e. The van der Waals surface area contributed by atoms with Gasteiger partial charge in [-0.2, -0.15) is 0 Å². The lowest BCUT2D eigenvalue weighted by Gasteiger charge is -2.19. The van der Waals surface area contributed by atoms with Crippen molar-refractivity contribution < 1.29 is 9.90 Å². The van der Waals surface area contributed by atoms with E-state index in [1.54, 1.807) is 0 Å². The molecule has 1 amide bonds. The first-order valence-corrected chi connectivity index (χ1v) is 7.33. The van der Waals surface area contributed by atoms with Crippen LogP contribution in [0, 0.1) is 0 Å². The molecule has 4 N–H and O–H groups in total. The minimum absolute atomic E-state index is 0.113. The number of nitrogens with one attached hydrogen (secondary N) is 1. The summed E-state index contributed by atoms with van der Waals surface area (Å²) in [5, 5.41) is 14.1. The normalized spacial score (nSPS) is 13.7. The highest BCUT2D eigenvalue weighted by Gasteiger charge is 2.20. The van der Waals surface area contributed by atoms with Crippen LogP contribution in [-0.2, 0) is 11.2 Å². The predicted molar refractivity (Wildman–Crippen MR) is 80.4 cm³/mol. The maximum Gasteiger partial charge on any atom is 0.242 e. The SMILES string of the molecule is NC(C(=O)N[C@@H](CO)Cc1ccccc1)c1cccs1. The fourth-order valence-electron chi connectivity index (χ4n) is 1.95. The number of hydrogen-bond acceptors (Lipinski definition) is 4. The van der Waals surface area contributed by atoms with Gasteiger partial charge in [0.2, 0.25) is 5.91 Å². The van der Waals surface area contributed by atoms with E-state index in [2.05, 4.69) is 5.32 Å². The molecule has 106 valence electrons. The Kier molecular flexibility index (Phi) is 5.29. The first kappa shape index (κ1) is 14.7. The fraction of sp³-hybridized carbons (Fsp3) is 0.267. The third kappa shape index (κ3) is 3.90. The summed E-state index contributed by atoms with van der Waals surface area (Å²) in [6, 6.07) is 12.4. The van der Waals surface area contributed by atoms with Gasteiger partial charge in [-0.15, -0.1) is 11.3 Å². The Bertz CT molecular complexity index is 528. The van der Waals surface area contributed by atoms with Crippen LogP contribution in [0.15, 0.2) is 47.8 Å². The second-order valence-corrected chi connectivity index (χ2v) is 5.55. The molecule has 0 radical (unpaired) electrons. The first-order chi connectivity index (χ1) is 9.70. The van der Waals surface area contributed by atoms with Crippen molar-refractivity contribution in [1.29, 1.82) is 0 Å². The Morgan fingerprint density at radius 3 is 2.60 bits per heavy atom. The second kappa shape index (κ2) is 7.19. The number of amides is 1. The number of nitrogens with two attached hydrogens (primary N) is 1. The van der Waals surface area contributed by atoms with Gasteiger partial charge in [-0.3, -0.25) is 4.79 Å². The minimum Gasteiger partial charge on any atom is -0.394 e. The van der Waals surface area contributed by atoms with Gasteiger partial charge in [-0.1, -0.05) is 36.4 Å². The summed E-state index contributed by atoms with van der Waals surface area (Å²) in [6.45, 7) is -0.113. The van der Waals surface area contributed by atoms with E-state index < -0.39 is 6.04 Å². The molecule has 1 heterocycles. The average molecular weight is 290 g/mol. The molecule has 1 aromatic carbocycles. The number of carbonyl (C=O) groups excluding carboxylic acids is 1. The van der Waals surface area contributed by atoms with Gasteiger partial charge in [0.25, 0.3) is 0 Å². The molecule has 1 aromatic heterocycles. The van der Waals surface area contributed by atoms with E-state index in [1.165, 1.54) is 11.3 Å². The van der Waals surface area contributed by atoms with Gasteiger partial charge >= 0.3 is 0 Å². The summed E-state index contributed by atoms with van der Waals surface area (Å²) in [5.41, 5.74) is 6.96. The molecule has 1 unspecified atom stereocenters. The number of hydrogen-bond donors (Lipinski definition) is 3. The summed E-state index contributed by atoms with van der Waals surface area (Å²) in [7, 11) is 0. The summed E-state index contributed by atoms with van der Waals surface area (Å²) in [6.07, 6.45) is 0.584. The lowest BCUT2D eigenvalue weighted by atomic mass is 10.1. The van der Waals surface area contributed by atoms with Crippen molar-refractivity contribution in [3.05, 3.63) is 58.3 Å². The van der Waals surface area contributed by atoms with Crippen LogP contribution in [0.5, 0.6) is 0 Å². The lowest BCUT2D eigenvalue weighted by molar-refractivity contribution is -0.123. The van der Waals surface area contributed by atoms with Gasteiger partial charge in [-0.25, -0.2) is 0 Å². The summed E-state index contributed by atoms with van der Waals surface area (Å²) in [5.74, 6) is -0.262. The van der Waals surface area contributed by atoms with Crippen molar-refractivity contribution in [3.8, 4) is 0 Å². The van der Waals surface area contributed by atoms with Gasteiger partial charge in [0.15, 0.2) is 0 Å². The summed E-state index contributed by atoms with van der Waals surface area (Å²) >= 11 is 1.45. The predicted octanol–water partition coefficient (Wildman–Crippen LogP) is 1.47. The van der Waals surface area contributed by atoms with Gasteiger partial charge in [0.05, 0.1) is 12.6 Å². The van der Waals surface area contributed by atoms with Crippen molar-refractivity contribution in [3.63, 3.8) is 0 Å². The van der Waals surface area contributed by atoms with Crippen LogP contribution >= 0.6 is 11.3 Å². The summed E-state index contributed by atoms with van der Waals surface area (Å²) < 4.78 is 0. The molecule has 5 heteroatoms. The maximum atomic E-state index is 12.1. The van der Waals surface area contributed by atoms with E-state index in [1.807, 2.05) is 47.8 Å². The van der Waals surface area contributed by atoms with Gasteiger partial charge < -0.3 is 16.2 Å². The van der Waals surface area contributed by atoms with Crippen LogP contribution < -0.4 is 11.1 Å². The Morgan fingerprint density at radius 1 is 1.25 bits per heavy atom. The molecule has 2 rings (SSSR count). The molecule has 0 fully saturated rings. The fourth-order valence-corrected chi connectivity index (χ4v) is 2.67. The van der Waals surface area contributed by atoms with Crippen LogP contribution in [0.3, 0.4) is 0 Å². The van der Waals surface area contributed by atoms with E-state index in [0.717, 1.165) is 10.4 Å². The van der Waals surface area contributed by atoms with Crippen molar-refractivity contribution in [2.24, 2.45) is 5.73 Å². The third-order valence-corrected chi connectivity index (χ3v) is 3.98. The first-order valence-electron chi connectivity index (χ1n) is 6.45. The zero-order valence-electron chi connectivity index (χ0n) is 11.0. The molecule has 0 aliphatic heterocycles. The van der Waals surface area contributed by atoms with Crippen molar-refractivity contribution in [2.45, 2.75) is 18.5 Å². The highest BCUT2D eigenvalue weighted by Crippen LogP contribution is 2.17. The molecular formula is C15H18N2O2S. The Balaban J connectivity index is 1.94. The zero-order chi connectivity index (χ0) is 14.4. The van der Waals surface area contributed by atoms with Gasteiger partial charge in [0.1, 0.15) is 6.04 Å². The standard InChI is InChI=1S/C15H18N2O2S/c16-14(13-7-4-8-20-13)15(19)17-12(10-18)9-11-5-2-1-3-6-11/h1-8,12,14,18H,9-10,16H2,(H,17,19)/t12-,14?/m1/s1. The van der Waals surface area contributed by atoms with E-state index in [4.69, 9.17) is 5.73 Å². The zero-order valence-corrected chi connectivity index (χ0v) is 11.8. The average Bonchev–Trinajstić information content (AvgIpc) is 3.01. The Labute approximate surface area is 122 Å². The minimum atomic E-state index is -0.681. The molecule has 0 aliphatic carbocycles. The molecule has 0 bridgehead atoms. The number of carbonyl (C=O) groups is 1. The van der Waals surface area contributed by atoms with E-state index in [-0.39, 0.29) is 18.6 Å². The second-order valence-electron chi connectivity index (χ2n) is 4.57. The monoisotopic (exact) mass is 290 g/mol. The lowest BCUT2D eigenvalue weighted by Crippen LogP contribution is -2.43. The van der Waals surface area contributed by atoms with Crippen LogP contribution in [0.1, 0.15) is 16.5 Å². The Hall–Kier alpha value is -1.69. The molecule has 0 spiro atoms. The number of aliphatic hydroxyl groups excluding tert-OH is 1. The molecule has 2 atom stereocenters. The van der Waals surface area contributed by atoms with Crippen molar-refractivity contribution in [2.75, 3.05) is 6.61 Å². The van der Waals surface area contributed by atoms with E-state index in [0.29, 0.717) is 6.42 Å². The van der Waals surface area contributed by atoms with Gasteiger partial charge in [0, 0.05) is 4.88 Å². The molecule has 0 aliphatic rings. The molecule has 4 nitrogen and oxygen atoms in total. The quantitative estimate of drug-likeness (QED) is 0.754. The van der Waals surface area contributed by atoms with Crippen LogP contribution in [0.2, 0.25) is 0 Å². The summed E-state index contributed by atoms with van der Waals surface area (Å²) in [4.78, 5) is 12.9. The highest BCUT2D eigenvalue weighted by atomic mass is 32.1. The molecule has 0 saturated heterocycles. The smallest absolute Gasteiger partial charge is 0.242 e. The molecule has 0 saturated carbocycles. The van der Waals surface area contributed by atoms with E-state index in [9.17, 15) is 9.90 Å². The number of benzene rings is 1. The molecule has 2 aromatic rings. The topological polar surface area (TPSA) is 75.4 Å². The van der Waals surface area contributed by atoms with Crippen molar-refractivity contribution >= 4 is 17.2 Å². The van der Waals surface area contributed by atoms with Crippen LogP contribution in [0.25, 0.3) is 0 Å². The van der Waals surface area contributed by atoms with Crippen molar-refractivity contribution in [1.82, 2.24) is 5.32 Å². The number of aliphatic hydroxyl groups is 1. The number of thiophene rings is 1. The maximum absolute atomic E-state index is 12.1. The Morgan fingerprint density at radius 2 is 2.00 bits per heavy atom. The van der Waals surface area contributed by atoms with Gasteiger partial charge in [-0.05, 0) is 23.4 Å². The molecular weight excluding hydrogens is 272 g/mol.